The van der Waals surface area contributed by atoms with Crippen molar-refractivity contribution in [2.45, 2.75) is 64.9 Å². The minimum Gasteiger partial charge on any atom is -0.493 e. The maximum absolute atomic E-state index is 10.6. The average molecular weight is 288 g/mol. The predicted molar refractivity (Wildman–Crippen MR) is 85.7 cm³/mol. The summed E-state index contributed by atoms with van der Waals surface area (Å²) >= 11 is 0. The van der Waals surface area contributed by atoms with Gasteiger partial charge in [0, 0.05) is 6.42 Å². The smallest absolute Gasteiger partial charge is 0.122 e. The Morgan fingerprint density at radius 1 is 1.33 bits per heavy atom. The highest BCUT2D eigenvalue weighted by atomic mass is 16.5. The van der Waals surface area contributed by atoms with Gasteiger partial charge in [-0.05, 0) is 54.2 Å². The zero-order valence-electron chi connectivity index (χ0n) is 13.4. The van der Waals surface area contributed by atoms with E-state index in [2.05, 4.69) is 32.0 Å². The number of rotatable bonds is 4. The summed E-state index contributed by atoms with van der Waals surface area (Å²) in [5.41, 5.74) is 2.97. The molecule has 0 aromatic heterocycles. The second-order valence-corrected chi connectivity index (χ2v) is 7.49. The van der Waals surface area contributed by atoms with Crippen molar-refractivity contribution in [2.24, 2.45) is 11.3 Å². The highest BCUT2D eigenvalue weighted by Crippen LogP contribution is 2.43. The number of hydrogen-bond donors (Lipinski definition) is 1. The van der Waals surface area contributed by atoms with Gasteiger partial charge in [0.1, 0.15) is 5.75 Å². The SMILES string of the molecule is CC1(C)CCCCC1C(O)CCc1ccc2c(c1)CCO2. The van der Waals surface area contributed by atoms with Gasteiger partial charge in [0.2, 0.25) is 0 Å². The molecular formula is C19H28O2. The fraction of sp³-hybridized carbons (Fsp3) is 0.684. The normalized spacial score (nSPS) is 25.2. The zero-order valence-corrected chi connectivity index (χ0v) is 13.4. The molecule has 1 aliphatic heterocycles. The van der Waals surface area contributed by atoms with Crippen molar-refractivity contribution in [1.82, 2.24) is 0 Å². The molecule has 0 radical (unpaired) electrons. The summed E-state index contributed by atoms with van der Waals surface area (Å²) in [4.78, 5) is 0. The first-order chi connectivity index (χ1) is 10.1. The summed E-state index contributed by atoms with van der Waals surface area (Å²) < 4.78 is 5.55. The maximum Gasteiger partial charge on any atom is 0.122 e. The van der Waals surface area contributed by atoms with E-state index in [4.69, 9.17) is 4.74 Å². The minimum atomic E-state index is -0.162. The first-order valence-electron chi connectivity index (χ1n) is 8.49. The highest BCUT2D eigenvalue weighted by Gasteiger charge is 2.36. The van der Waals surface area contributed by atoms with Crippen LogP contribution >= 0.6 is 0 Å². The quantitative estimate of drug-likeness (QED) is 0.902. The summed E-state index contributed by atoms with van der Waals surface area (Å²) in [6.45, 7) is 5.47. The van der Waals surface area contributed by atoms with Crippen molar-refractivity contribution in [1.29, 1.82) is 0 Å². The van der Waals surface area contributed by atoms with Gasteiger partial charge < -0.3 is 9.84 Å². The molecule has 1 aromatic carbocycles. The number of fused-ring (bicyclic) bond motifs is 1. The Balaban J connectivity index is 1.59. The molecule has 2 heteroatoms. The molecule has 0 bridgehead atoms. The van der Waals surface area contributed by atoms with Crippen LogP contribution in [0.1, 0.15) is 57.1 Å². The third-order valence-electron chi connectivity index (χ3n) is 5.54. The highest BCUT2D eigenvalue weighted by molar-refractivity contribution is 5.39. The van der Waals surface area contributed by atoms with E-state index in [-0.39, 0.29) is 6.10 Å². The third-order valence-corrected chi connectivity index (χ3v) is 5.54. The van der Waals surface area contributed by atoms with Crippen LogP contribution < -0.4 is 4.74 Å². The molecule has 1 aliphatic carbocycles. The Kier molecular flexibility index (Phi) is 4.26. The van der Waals surface area contributed by atoms with Crippen LogP contribution in [0.2, 0.25) is 0 Å². The van der Waals surface area contributed by atoms with Gasteiger partial charge in [0.05, 0.1) is 12.7 Å². The van der Waals surface area contributed by atoms with E-state index in [1.807, 2.05) is 0 Å². The molecule has 2 aliphatic rings. The first kappa shape index (κ1) is 14.9. The predicted octanol–water partition coefficient (Wildman–Crippen LogP) is 4.13. The molecule has 2 nitrogen and oxygen atoms in total. The minimum absolute atomic E-state index is 0.162. The monoisotopic (exact) mass is 288 g/mol. The number of benzene rings is 1. The van der Waals surface area contributed by atoms with Gasteiger partial charge in [0.25, 0.3) is 0 Å². The van der Waals surface area contributed by atoms with Gasteiger partial charge in [-0.3, -0.25) is 0 Å². The summed E-state index contributed by atoms with van der Waals surface area (Å²) in [7, 11) is 0. The lowest BCUT2D eigenvalue weighted by Crippen LogP contribution is -2.37. The molecule has 1 saturated carbocycles. The van der Waals surface area contributed by atoms with Gasteiger partial charge in [0.15, 0.2) is 0 Å². The zero-order chi connectivity index (χ0) is 14.9. The van der Waals surface area contributed by atoms with E-state index in [0.717, 1.165) is 31.6 Å². The van der Waals surface area contributed by atoms with Gasteiger partial charge >= 0.3 is 0 Å². The average Bonchev–Trinajstić information content (AvgIpc) is 2.91. The molecule has 1 fully saturated rings. The fourth-order valence-electron chi connectivity index (χ4n) is 4.15. The summed E-state index contributed by atoms with van der Waals surface area (Å²) in [6.07, 6.45) is 7.76. The lowest BCUT2D eigenvalue weighted by Gasteiger charge is -2.41. The van der Waals surface area contributed by atoms with E-state index in [1.54, 1.807) is 0 Å². The van der Waals surface area contributed by atoms with Gasteiger partial charge in [-0.2, -0.15) is 0 Å². The fourth-order valence-corrected chi connectivity index (χ4v) is 4.15. The number of aliphatic hydroxyl groups is 1. The van der Waals surface area contributed by atoms with Crippen LogP contribution in [-0.2, 0) is 12.8 Å². The lowest BCUT2D eigenvalue weighted by atomic mass is 9.66. The Labute approximate surface area is 128 Å². The standard InChI is InChI=1S/C19H28O2/c1-19(2)11-4-3-5-16(19)17(20)8-6-14-7-9-18-15(13-14)10-12-21-18/h7,9,13,16-17,20H,3-6,8,10-12H2,1-2H3. The van der Waals surface area contributed by atoms with Crippen LogP contribution in [-0.4, -0.2) is 17.8 Å². The number of aryl methyl sites for hydroxylation is 1. The Hall–Kier alpha value is -1.02. The number of hydrogen-bond acceptors (Lipinski definition) is 2. The lowest BCUT2D eigenvalue weighted by molar-refractivity contribution is 0.00102. The van der Waals surface area contributed by atoms with E-state index >= 15 is 0 Å². The Morgan fingerprint density at radius 3 is 3.00 bits per heavy atom. The largest absolute Gasteiger partial charge is 0.493 e. The van der Waals surface area contributed by atoms with Crippen LogP contribution in [0, 0.1) is 11.3 Å². The van der Waals surface area contributed by atoms with Crippen molar-refractivity contribution in [2.75, 3.05) is 6.61 Å². The van der Waals surface area contributed by atoms with Crippen molar-refractivity contribution >= 4 is 0 Å². The Bertz CT molecular complexity index is 492. The summed E-state index contributed by atoms with van der Waals surface area (Å²) in [5.74, 6) is 1.51. The van der Waals surface area contributed by atoms with Crippen molar-refractivity contribution in [3.63, 3.8) is 0 Å². The van der Waals surface area contributed by atoms with E-state index < -0.39 is 0 Å². The summed E-state index contributed by atoms with van der Waals surface area (Å²) in [6, 6.07) is 6.51. The molecule has 0 spiro atoms. The van der Waals surface area contributed by atoms with Crippen LogP contribution in [0.15, 0.2) is 18.2 Å². The summed E-state index contributed by atoms with van der Waals surface area (Å²) in [5, 5.41) is 10.6. The van der Waals surface area contributed by atoms with Crippen molar-refractivity contribution in [3.8, 4) is 5.75 Å². The van der Waals surface area contributed by atoms with Gasteiger partial charge in [-0.15, -0.1) is 0 Å². The molecular weight excluding hydrogens is 260 g/mol. The second kappa shape index (κ2) is 6.00. The van der Waals surface area contributed by atoms with Gasteiger partial charge in [-0.1, -0.05) is 38.8 Å². The molecule has 1 aromatic rings. The van der Waals surface area contributed by atoms with Crippen LogP contribution in [0.4, 0.5) is 0 Å². The van der Waals surface area contributed by atoms with Crippen LogP contribution in [0.5, 0.6) is 5.75 Å². The van der Waals surface area contributed by atoms with Gasteiger partial charge in [-0.25, -0.2) is 0 Å². The third kappa shape index (κ3) is 3.26. The number of ether oxygens (including phenoxy) is 1. The molecule has 1 heterocycles. The molecule has 2 unspecified atom stereocenters. The first-order valence-corrected chi connectivity index (χ1v) is 8.49. The molecule has 0 amide bonds. The molecule has 116 valence electrons. The molecule has 3 rings (SSSR count). The van der Waals surface area contributed by atoms with Crippen molar-refractivity contribution < 1.29 is 9.84 Å². The van der Waals surface area contributed by atoms with E-state index in [1.165, 1.54) is 36.8 Å². The number of aliphatic hydroxyl groups excluding tert-OH is 1. The van der Waals surface area contributed by atoms with E-state index in [9.17, 15) is 5.11 Å². The van der Waals surface area contributed by atoms with Crippen LogP contribution in [0.25, 0.3) is 0 Å². The molecule has 1 N–H and O–H groups in total. The maximum atomic E-state index is 10.6. The molecule has 0 saturated heterocycles. The topological polar surface area (TPSA) is 29.5 Å². The Morgan fingerprint density at radius 2 is 2.19 bits per heavy atom. The molecule has 21 heavy (non-hydrogen) atoms. The van der Waals surface area contributed by atoms with Crippen molar-refractivity contribution in [3.05, 3.63) is 29.3 Å². The molecule has 2 atom stereocenters. The van der Waals surface area contributed by atoms with Crippen LogP contribution in [0.3, 0.4) is 0 Å². The van der Waals surface area contributed by atoms with E-state index in [0.29, 0.717) is 11.3 Å². The second-order valence-electron chi connectivity index (χ2n) is 7.49.